The maximum atomic E-state index is 14.4. The van der Waals surface area contributed by atoms with Crippen molar-refractivity contribution in [2.24, 2.45) is 35.5 Å². The first-order valence-corrected chi connectivity index (χ1v) is 24.6. The largest absolute Gasteiger partial charge is 0.460 e. The number of ether oxygens (including phenoxy) is 6. The summed E-state index contributed by atoms with van der Waals surface area (Å²) >= 11 is 0. The molecule has 0 aromatic carbocycles. The van der Waals surface area contributed by atoms with Crippen LogP contribution in [0.1, 0.15) is 126 Å². The monoisotopic (exact) mass is 926 g/mol. The van der Waals surface area contributed by atoms with Crippen LogP contribution in [0.5, 0.6) is 0 Å². The third-order valence-electron chi connectivity index (χ3n) is 14.9. The average Bonchev–Trinajstić information content (AvgIpc) is 3.30. The lowest BCUT2D eigenvalue weighted by molar-refractivity contribution is -0.265. The number of fused-ring (bicyclic) bond motifs is 4. The number of carbonyl (C=O) groups excluding carboxylic acids is 5. The van der Waals surface area contributed by atoms with Crippen LogP contribution >= 0.6 is 0 Å². The molecule has 4 aliphatic heterocycles. The van der Waals surface area contributed by atoms with E-state index in [0.29, 0.717) is 63.7 Å². The van der Waals surface area contributed by atoms with Crippen LogP contribution in [0.25, 0.3) is 0 Å². The Morgan fingerprint density at radius 1 is 0.848 bits per heavy atom. The number of cyclic esters (lactones) is 1. The smallest absolute Gasteiger partial charge is 0.329 e. The van der Waals surface area contributed by atoms with E-state index in [2.05, 4.69) is 0 Å². The average molecular weight is 926 g/mol. The van der Waals surface area contributed by atoms with Crippen LogP contribution in [0.2, 0.25) is 0 Å². The van der Waals surface area contributed by atoms with Crippen molar-refractivity contribution in [2.45, 2.75) is 180 Å². The van der Waals surface area contributed by atoms with Crippen molar-refractivity contribution >= 4 is 29.2 Å². The minimum Gasteiger partial charge on any atom is -0.460 e. The molecule has 4 fully saturated rings. The van der Waals surface area contributed by atoms with Crippen LogP contribution in [0.3, 0.4) is 0 Å². The van der Waals surface area contributed by atoms with Crippen molar-refractivity contribution in [1.82, 2.24) is 4.90 Å². The van der Waals surface area contributed by atoms with Gasteiger partial charge in [-0.05, 0) is 107 Å². The van der Waals surface area contributed by atoms with Gasteiger partial charge >= 0.3 is 5.97 Å². The van der Waals surface area contributed by atoms with Crippen LogP contribution in [0.4, 0.5) is 0 Å². The van der Waals surface area contributed by atoms with Gasteiger partial charge in [0.1, 0.15) is 30.1 Å². The number of aliphatic hydroxyl groups is 2. The molecule has 1 saturated carbocycles. The number of rotatable bonds is 5. The number of esters is 1. The number of allylic oxidation sites excluding steroid dienone is 6. The molecular weight excluding hydrogens is 847 g/mol. The zero-order valence-electron chi connectivity index (χ0n) is 41.0. The molecule has 14 heteroatoms. The van der Waals surface area contributed by atoms with E-state index in [9.17, 15) is 34.2 Å². The Morgan fingerprint density at radius 3 is 2.29 bits per heavy atom. The fourth-order valence-corrected chi connectivity index (χ4v) is 10.6. The molecule has 5 rings (SSSR count). The SMILES string of the molecule is CO[C@H]1C[C@@H]2CC[C@@H](C)[C@@](O)(O2)C(=O)C(=O)N2CCCC[C@H]2C(=O)O[C@H]([C@H](C)C[C@H]2CC[C@H]3OCCO[C@@H]3C2)CC(=O)[C@H](C)/C=C(\C)[C@@H](O)[C@@H](OC)C(=O)[C@H](C)C[C@H](C)/C=C/C=C/C=C/1C. The van der Waals surface area contributed by atoms with Gasteiger partial charge in [-0.2, -0.15) is 0 Å². The fraction of sp³-hybridized carbons (Fsp3) is 0.750. The Kier molecular flexibility index (Phi) is 20.1. The minimum atomic E-state index is -2.42. The summed E-state index contributed by atoms with van der Waals surface area (Å²) in [6.07, 6.45) is 13.2. The first-order valence-electron chi connectivity index (χ1n) is 24.6. The number of hydrogen-bond donors (Lipinski definition) is 2. The molecule has 0 aromatic heterocycles. The first-order chi connectivity index (χ1) is 31.4. The summed E-state index contributed by atoms with van der Waals surface area (Å²) in [4.78, 5) is 72.0. The molecule has 4 heterocycles. The van der Waals surface area contributed by atoms with Gasteiger partial charge in [0.2, 0.25) is 5.79 Å². The molecule has 0 aromatic rings. The highest BCUT2D eigenvalue weighted by molar-refractivity contribution is 6.39. The zero-order chi connectivity index (χ0) is 48.3. The normalized spacial score (nSPS) is 41.0. The van der Waals surface area contributed by atoms with Crippen molar-refractivity contribution in [1.29, 1.82) is 0 Å². The Balaban J connectivity index is 1.45. The molecule has 3 saturated heterocycles. The third-order valence-corrected chi connectivity index (χ3v) is 14.9. The maximum absolute atomic E-state index is 14.4. The van der Waals surface area contributed by atoms with Crippen LogP contribution in [-0.2, 0) is 52.4 Å². The van der Waals surface area contributed by atoms with Gasteiger partial charge in [0.25, 0.3) is 11.7 Å². The molecule has 5 aliphatic rings. The molecular formula is C52H79NO13. The molecule has 2 N–H and O–H groups in total. The molecule has 0 spiro atoms. The predicted octanol–water partition coefficient (Wildman–Crippen LogP) is 6.59. The Labute approximate surface area is 392 Å². The second-order valence-corrected chi connectivity index (χ2v) is 20.1. The van der Waals surface area contributed by atoms with E-state index in [1.165, 1.54) is 12.0 Å². The quantitative estimate of drug-likeness (QED) is 0.171. The topological polar surface area (TPSA) is 184 Å². The molecule has 0 unspecified atom stereocenters. The summed E-state index contributed by atoms with van der Waals surface area (Å²) in [5, 5.41) is 23.4. The molecule has 370 valence electrons. The van der Waals surface area contributed by atoms with Crippen molar-refractivity contribution in [3.8, 4) is 0 Å². The summed E-state index contributed by atoms with van der Waals surface area (Å²) < 4.78 is 35.9. The third kappa shape index (κ3) is 13.7. The van der Waals surface area contributed by atoms with E-state index in [1.807, 2.05) is 58.1 Å². The lowest BCUT2D eigenvalue weighted by atomic mass is 9.78. The van der Waals surface area contributed by atoms with E-state index in [0.717, 1.165) is 24.8 Å². The van der Waals surface area contributed by atoms with Gasteiger partial charge in [0.15, 0.2) is 5.78 Å². The highest BCUT2D eigenvalue weighted by atomic mass is 16.6. The maximum Gasteiger partial charge on any atom is 0.329 e. The number of nitrogens with zero attached hydrogens (tertiary/aromatic N) is 1. The van der Waals surface area contributed by atoms with Crippen LogP contribution in [0.15, 0.2) is 47.6 Å². The van der Waals surface area contributed by atoms with E-state index in [-0.39, 0.29) is 60.9 Å². The Morgan fingerprint density at radius 2 is 1.58 bits per heavy atom. The van der Waals surface area contributed by atoms with Crippen molar-refractivity contribution < 1.29 is 62.6 Å². The van der Waals surface area contributed by atoms with Gasteiger partial charge in [-0.25, -0.2) is 4.79 Å². The fourth-order valence-electron chi connectivity index (χ4n) is 10.6. The molecule has 2 bridgehead atoms. The minimum absolute atomic E-state index is 0.0201. The zero-order valence-corrected chi connectivity index (χ0v) is 41.0. The summed E-state index contributed by atoms with van der Waals surface area (Å²) in [5.41, 5.74) is 1.29. The summed E-state index contributed by atoms with van der Waals surface area (Å²) in [7, 11) is 2.97. The number of methoxy groups -OCH3 is 2. The first kappa shape index (κ1) is 53.6. The van der Waals surface area contributed by atoms with Crippen molar-refractivity contribution in [2.75, 3.05) is 34.0 Å². The molecule has 66 heavy (non-hydrogen) atoms. The van der Waals surface area contributed by atoms with Gasteiger partial charge < -0.3 is 43.5 Å². The second kappa shape index (κ2) is 24.8. The lowest BCUT2D eigenvalue weighted by Gasteiger charge is -2.43. The van der Waals surface area contributed by atoms with Crippen LogP contribution < -0.4 is 0 Å². The Hall–Kier alpha value is -3.37. The molecule has 14 nitrogen and oxygen atoms in total. The standard InChI is InChI=1S/C52H79NO13/c1-31-15-11-10-12-16-32(2)43(61-8)29-39-20-18-37(7)52(60,66-39)49(57)50(58)53-22-14-13-17-40(53)51(59)65-44(34(4)27-38-19-21-42-45(28-38)64-24-23-63-42)30-41(54)33(3)26-36(6)47(56)48(62-9)46(55)35(5)25-31/h10-12,15-16,26,31,33-35,37-40,42-45,47-48,56,60H,13-14,17-25,27-30H2,1-9H3/b12-10+,15-11+,32-16+,36-26+/t31-,33-,34-,35-,37-,38-,39+,40+,42-,43+,44+,45-,47-,48+,52-/m1/s1. The highest BCUT2D eigenvalue weighted by Crippen LogP contribution is 2.38. The number of Topliss-reactive ketones (excluding diaryl/α,β-unsaturated/α-hetero) is 3. The molecule has 15 atom stereocenters. The van der Waals surface area contributed by atoms with Gasteiger partial charge in [-0.1, -0.05) is 71.1 Å². The van der Waals surface area contributed by atoms with Crippen molar-refractivity contribution in [3.05, 3.63) is 47.6 Å². The summed E-state index contributed by atoms with van der Waals surface area (Å²) in [5.74, 6) is -7.61. The highest BCUT2D eigenvalue weighted by Gasteiger charge is 2.53. The molecule has 0 radical (unpaired) electrons. The van der Waals surface area contributed by atoms with Crippen molar-refractivity contribution in [3.63, 3.8) is 0 Å². The molecule has 1 amide bonds. The van der Waals surface area contributed by atoms with E-state index in [4.69, 9.17) is 28.4 Å². The van der Waals surface area contributed by atoms with E-state index < -0.39 is 77.8 Å². The Bertz CT molecular complexity index is 1810. The molecule has 1 aliphatic carbocycles. The van der Waals surface area contributed by atoms with E-state index in [1.54, 1.807) is 34.0 Å². The number of amides is 1. The van der Waals surface area contributed by atoms with Gasteiger partial charge in [0.05, 0.1) is 37.6 Å². The van der Waals surface area contributed by atoms with Gasteiger partial charge in [-0.3, -0.25) is 19.2 Å². The van der Waals surface area contributed by atoms with Crippen LogP contribution in [0, 0.1) is 35.5 Å². The predicted molar refractivity (Wildman–Crippen MR) is 248 cm³/mol. The van der Waals surface area contributed by atoms with Crippen LogP contribution in [-0.4, -0.2) is 133 Å². The summed E-state index contributed by atoms with van der Waals surface area (Å²) in [6, 6.07) is -1.12. The number of aliphatic hydroxyl groups excluding tert-OH is 1. The van der Waals surface area contributed by atoms with E-state index >= 15 is 0 Å². The number of carbonyl (C=O) groups is 5. The number of ketones is 3. The number of piperidine rings is 1. The second-order valence-electron chi connectivity index (χ2n) is 20.1. The summed E-state index contributed by atoms with van der Waals surface area (Å²) in [6.45, 7) is 14.0. The number of hydrogen-bond acceptors (Lipinski definition) is 13. The lowest BCUT2D eigenvalue weighted by Crippen LogP contribution is -2.61. The van der Waals surface area contributed by atoms with Gasteiger partial charge in [0, 0.05) is 51.4 Å². The van der Waals surface area contributed by atoms with Gasteiger partial charge in [-0.15, -0.1) is 0 Å².